The van der Waals surface area contributed by atoms with E-state index in [1.807, 2.05) is 36.4 Å². The summed E-state index contributed by atoms with van der Waals surface area (Å²) < 4.78 is 13.8. The fourth-order valence-electron chi connectivity index (χ4n) is 2.91. The molecule has 0 bridgehead atoms. The molecular formula is C25H43N3O2Si2. The Morgan fingerprint density at radius 1 is 0.688 bits per heavy atom. The van der Waals surface area contributed by atoms with Crippen LogP contribution in [0, 0.1) is 0 Å². The van der Waals surface area contributed by atoms with Crippen molar-refractivity contribution in [3.8, 4) is 0 Å². The third-order valence-corrected chi connectivity index (χ3v) is 16.0. The maximum Gasteiger partial charge on any atom is 0.193 e. The Kier molecular flexibility index (Phi) is 8.27. The van der Waals surface area contributed by atoms with Crippen LogP contribution < -0.4 is 5.73 Å². The van der Waals surface area contributed by atoms with E-state index in [1.165, 1.54) is 0 Å². The summed E-state index contributed by atoms with van der Waals surface area (Å²) in [6.07, 6.45) is 2.81. The van der Waals surface area contributed by atoms with Gasteiger partial charge in [-0.1, -0.05) is 53.7 Å². The van der Waals surface area contributed by atoms with Gasteiger partial charge in [-0.15, -0.1) is 0 Å². The SMILES string of the molecule is CC(C)(C)[Si](C)(C)O[C@H](c1ccccn1)C(N)[C@H](O[Si](C)(C)C(C)(C)C)c1ccccn1. The molecule has 2 atom stereocenters. The van der Waals surface area contributed by atoms with Gasteiger partial charge in [-0.05, 0) is 60.5 Å². The summed E-state index contributed by atoms with van der Waals surface area (Å²) in [5, 5.41) is 0.0844. The molecule has 2 heterocycles. The molecule has 5 nitrogen and oxygen atoms in total. The predicted octanol–water partition coefficient (Wildman–Crippen LogP) is 6.63. The van der Waals surface area contributed by atoms with E-state index in [9.17, 15) is 0 Å². The van der Waals surface area contributed by atoms with Gasteiger partial charge in [0.25, 0.3) is 0 Å². The Labute approximate surface area is 197 Å². The number of hydrogen-bond acceptors (Lipinski definition) is 5. The largest absolute Gasteiger partial charge is 0.407 e. The van der Waals surface area contributed by atoms with Crippen molar-refractivity contribution in [3.05, 3.63) is 60.2 Å². The van der Waals surface area contributed by atoms with Gasteiger partial charge in [0.05, 0.1) is 17.4 Å². The lowest BCUT2D eigenvalue weighted by molar-refractivity contribution is 0.0623. The molecule has 0 spiro atoms. The zero-order valence-corrected chi connectivity index (χ0v) is 23.6. The number of aromatic nitrogens is 2. The van der Waals surface area contributed by atoms with Gasteiger partial charge in [-0.3, -0.25) is 9.97 Å². The molecule has 0 amide bonds. The summed E-state index contributed by atoms with van der Waals surface area (Å²) in [5.74, 6) is 0. The van der Waals surface area contributed by atoms with Crippen LogP contribution in [0.5, 0.6) is 0 Å². The second-order valence-electron chi connectivity index (χ2n) is 11.7. The molecule has 0 radical (unpaired) electrons. The first-order valence-electron chi connectivity index (χ1n) is 11.5. The Balaban J connectivity index is 2.55. The molecule has 0 unspecified atom stereocenters. The third kappa shape index (κ3) is 6.35. The van der Waals surface area contributed by atoms with Gasteiger partial charge in [0.2, 0.25) is 0 Å². The summed E-state index contributed by atoms with van der Waals surface area (Å²) in [4.78, 5) is 9.28. The van der Waals surface area contributed by atoms with E-state index in [0.717, 1.165) is 11.4 Å². The average Bonchev–Trinajstić information content (AvgIpc) is 2.69. The van der Waals surface area contributed by atoms with Crippen LogP contribution >= 0.6 is 0 Å². The van der Waals surface area contributed by atoms with Gasteiger partial charge in [-0.25, -0.2) is 0 Å². The zero-order valence-electron chi connectivity index (χ0n) is 21.6. The molecule has 2 aromatic heterocycles. The highest BCUT2D eigenvalue weighted by Crippen LogP contribution is 2.44. The minimum Gasteiger partial charge on any atom is -0.407 e. The minimum absolute atomic E-state index is 0.0422. The van der Waals surface area contributed by atoms with Crippen molar-refractivity contribution < 1.29 is 8.85 Å². The summed E-state index contributed by atoms with van der Waals surface area (Å²) >= 11 is 0. The van der Waals surface area contributed by atoms with Crippen molar-refractivity contribution in [1.82, 2.24) is 9.97 Å². The second-order valence-corrected chi connectivity index (χ2v) is 21.2. The van der Waals surface area contributed by atoms with E-state index in [0.29, 0.717) is 0 Å². The van der Waals surface area contributed by atoms with Crippen LogP contribution in [-0.2, 0) is 8.85 Å². The van der Waals surface area contributed by atoms with Gasteiger partial charge >= 0.3 is 0 Å². The van der Waals surface area contributed by atoms with Crippen LogP contribution in [0.25, 0.3) is 0 Å². The number of pyridine rings is 2. The topological polar surface area (TPSA) is 70.3 Å². The van der Waals surface area contributed by atoms with E-state index < -0.39 is 34.9 Å². The number of nitrogens with zero attached hydrogens (tertiary/aromatic N) is 2. The quantitative estimate of drug-likeness (QED) is 0.436. The van der Waals surface area contributed by atoms with Crippen LogP contribution in [0.2, 0.25) is 36.3 Å². The number of hydrogen-bond donors (Lipinski definition) is 1. The fourth-order valence-corrected chi connectivity index (χ4v) is 5.44. The van der Waals surface area contributed by atoms with E-state index >= 15 is 0 Å². The number of rotatable bonds is 8. The molecule has 32 heavy (non-hydrogen) atoms. The molecule has 2 N–H and O–H groups in total. The summed E-state index contributed by atoms with van der Waals surface area (Å²) in [5.41, 5.74) is 8.72. The molecule has 2 rings (SSSR count). The van der Waals surface area contributed by atoms with E-state index in [-0.39, 0.29) is 10.1 Å². The fraction of sp³-hybridized carbons (Fsp3) is 0.600. The maximum atomic E-state index is 7.04. The van der Waals surface area contributed by atoms with Crippen molar-refractivity contribution in [2.45, 2.75) is 96.1 Å². The van der Waals surface area contributed by atoms with Gasteiger partial charge in [0.1, 0.15) is 12.2 Å². The van der Waals surface area contributed by atoms with E-state index in [1.54, 1.807) is 12.4 Å². The van der Waals surface area contributed by atoms with Crippen molar-refractivity contribution in [2.24, 2.45) is 5.73 Å². The van der Waals surface area contributed by atoms with Crippen molar-refractivity contribution in [3.63, 3.8) is 0 Å². The molecular weight excluding hydrogens is 430 g/mol. The van der Waals surface area contributed by atoms with Gasteiger partial charge in [-0.2, -0.15) is 0 Å². The molecule has 0 saturated carbocycles. The monoisotopic (exact) mass is 473 g/mol. The smallest absolute Gasteiger partial charge is 0.193 e. The average molecular weight is 474 g/mol. The second kappa shape index (κ2) is 9.85. The Bertz CT molecular complexity index is 775. The summed E-state index contributed by atoms with van der Waals surface area (Å²) in [6.45, 7) is 22.4. The van der Waals surface area contributed by atoms with Crippen LogP contribution in [-0.4, -0.2) is 32.6 Å². The Morgan fingerprint density at radius 3 is 1.28 bits per heavy atom. The Hall–Kier alpha value is -1.39. The molecule has 0 aliphatic carbocycles. The lowest BCUT2D eigenvalue weighted by Gasteiger charge is -2.44. The van der Waals surface area contributed by atoms with Crippen molar-refractivity contribution in [2.75, 3.05) is 0 Å². The van der Waals surface area contributed by atoms with Crippen LogP contribution in [0.4, 0.5) is 0 Å². The first kappa shape index (κ1) is 26.9. The minimum atomic E-state index is -2.14. The lowest BCUT2D eigenvalue weighted by Crippen LogP contribution is -2.50. The first-order valence-corrected chi connectivity index (χ1v) is 17.3. The summed E-state index contributed by atoms with van der Waals surface area (Å²) in [6, 6.07) is 11.4. The highest BCUT2D eigenvalue weighted by atomic mass is 28.4. The highest BCUT2D eigenvalue weighted by molar-refractivity contribution is 6.74. The van der Waals surface area contributed by atoms with E-state index in [2.05, 4.69) is 77.7 Å². The lowest BCUT2D eigenvalue weighted by atomic mass is 10.00. The molecule has 0 aromatic carbocycles. The normalized spacial score (nSPS) is 15.6. The van der Waals surface area contributed by atoms with Gasteiger partial charge < -0.3 is 14.6 Å². The molecule has 178 valence electrons. The molecule has 0 fully saturated rings. The van der Waals surface area contributed by atoms with Crippen molar-refractivity contribution in [1.29, 1.82) is 0 Å². The van der Waals surface area contributed by atoms with Crippen LogP contribution in [0.1, 0.15) is 65.1 Å². The van der Waals surface area contributed by atoms with Crippen LogP contribution in [0.3, 0.4) is 0 Å². The molecule has 2 aromatic rings. The zero-order chi connectivity index (χ0) is 24.4. The van der Waals surface area contributed by atoms with Gasteiger partial charge in [0.15, 0.2) is 16.6 Å². The predicted molar refractivity (Wildman–Crippen MR) is 138 cm³/mol. The molecule has 0 aliphatic rings. The number of nitrogens with two attached hydrogens (primary N) is 1. The molecule has 0 aliphatic heterocycles. The maximum absolute atomic E-state index is 7.04. The summed E-state index contributed by atoms with van der Waals surface area (Å²) in [7, 11) is -4.28. The standard InChI is InChI=1S/C25H43N3O2Si2/c1-24(2,3)31(7,8)29-22(19-15-11-13-17-27-19)21(26)23(20-16-12-14-18-28-20)30-32(9,10)25(4,5)6/h11-18,21-23H,26H2,1-10H3/t22-,23-/m1/s1. The molecule has 0 saturated heterocycles. The molecule has 7 heteroatoms. The van der Waals surface area contributed by atoms with E-state index in [4.69, 9.17) is 14.6 Å². The van der Waals surface area contributed by atoms with Crippen LogP contribution in [0.15, 0.2) is 48.8 Å². The highest BCUT2D eigenvalue weighted by Gasteiger charge is 2.46. The Morgan fingerprint density at radius 2 is 1.03 bits per heavy atom. The third-order valence-electron chi connectivity index (χ3n) is 7.11. The first-order chi connectivity index (χ1) is 14.6. The van der Waals surface area contributed by atoms with Gasteiger partial charge in [0, 0.05) is 12.4 Å². The van der Waals surface area contributed by atoms with Crippen molar-refractivity contribution >= 4 is 16.6 Å².